The largest absolute Gasteiger partial charge is 0.371 e. The highest BCUT2D eigenvalue weighted by Gasteiger charge is 2.41. The Kier molecular flexibility index (Phi) is 4.74. The van der Waals surface area contributed by atoms with Crippen LogP contribution in [0.25, 0.3) is 0 Å². The summed E-state index contributed by atoms with van der Waals surface area (Å²) in [7, 11) is 0. The average molecular weight is 214 g/mol. The van der Waals surface area contributed by atoms with E-state index in [-0.39, 0.29) is 18.5 Å². The van der Waals surface area contributed by atoms with Gasteiger partial charge in [-0.05, 0) is 46.5 Å². The fourth-order valence-electron chi connectivity index (χ4n) is 2.10. The zero-order chi connectivity index (χ0) is 11.3. The average Bonchev–Trinajstić information content (AvgIpc) is 2.64. The number of ketones is 1. The maximum absolute atomic E-state index is 12.0. The molecule has 1 fully saturated rings. The Morgan fingerprint density at radius 2 is 1.93 bits per heavy atom. The van der Waals surface area contributed by atoms with Crippen molar-refractivity contribution in [1.29, 1.82) is 0 Å². The number of hydrogen-bond acceptors (Lipinski definition) is 3. The Bertz CT molecular complexity index is 205. The molecule has 0 saturated heterocycles. The van der Waals surface area contributed by atoms with Gasteiger partial charge in [0.2, 0.25) is 0 Å². The Morgan fingerprint density at radius 3 is 2.40 bits per heavy atom. The Morgan fingerprint density at radius 1 is 1.33 bits per heavy atom. The molecule has 0 aliphatic heterocycles. The zero-order valence-electron chi connectivity index (χ0n) is 10.0. The van der Waals surface area contributed by atoms with Crippen LogP contribution < -0.4 is 0 Å². The van der Waals surface area contributed by atoms with E-state index >= 15 is 0 Å². The van der Waals surface area contributed by atoms with Crippen LogP contribution in [0.15, 0.2) is 0 Å². The van der Waals surface area contributed by atoms with Gasteiger partial charge in [0.25, 0.3) is 0 Å². The van der Waals surface area contributed by atoms with Gasteiger partial charge in [-0.1, -0.05) is 0 Å². The summed E-state index contributed by atoms with van der Waals surface area (Å²) in [6, 6.07) is 0. The molecule has 0 atom stereocenters. The van der Waals surface area contributed by atoms with Crippen LogP contribution in [0.3, 0.4) is 0 Å². The molecule has 0 aromatic rings. The molecule has 15 heavy (non-hydrogen) atoms. The van der Waals surface area contributed by atoms with Gasteiger partial charge in [0.1, 0.15) is 12.2 Å². The Balaban J connectivity index is 2.51. The molecule has 1 aliphatic rings. The van der Waals surface area contributed by atoms with Crippen LogP contribution in [0, 0.1) is 0 Å². The SMILES string of the molecule is CCOC1(C(=O)COC(C)C)CCCC1. The van der Waals surface area contributed by atoms with E-state index in [4.69, 9.17) is 9.47 Å². The van der Waals surface area contributed by atoms with Gasteiger partial charge < -0.3 is 9.47 Å². The summed E-state index contributed by atoms with van der Waals surface area (Å²) < 4.78 is 11.0. The molecule has 3 nitrogen and oxygen atoms in total. The molecule has 0 aromatic heterocycles. The van der Waals surface area contributed by atoms with E-state index in [2.05, 4.69) is 0 Å². The lowest BCUT2D eigenvalue weighted by Gasteiger charge is -2.27. The lowest BCUT2D eigenvalue weighted by Crippen LogP contribution is -2.41. The number of carbonyl (C=O) groups is 1. The molecule has 0 spiro atoms. The minimum atomic E-state index is -0.524. The van der Waals surface area contributed by atoms with Crippen LogP contribution in [0.1, 0.15) is 46.5 Å². The first-order valence-electron chi connectivity index (χ1n) is 5.89. The molecule has 0 aromatic carbocycles. The number of rotatable bonds is 6. The van der Waals surface area contributed by atoms with E-state index in [0.29, 0.717) is 6.61 Å². The fourth-order valence-corrected chi connectivity index (χ4v) is 2.10. The first kappa shape index (κ1) is 12.7. The Labute approximate surface area is 92.1 Å². The number of hydrogen-bond donors (Lipinski definition) is 0. The third-order valence-corrected chi connectivity index (χ3v) is 2.89. The van der Waals surface area contributed by atoms with Gasteiger partial charge >= 0.3 is 0 Å². The number of carbonyl (C=O) groups excluding carboxylic acids is 1. The van der Waals surface area contributed by atoms with E-state index in [1.165, 1.54) is 0 Å². The zero-order valence-corrected chi connectivity index (χ0v) is 10.0. The van der Waals surface area contributed by atoms with Crippen LogP contribution in [0.2, 0.25) is 0 Å². The van der Waals surface area contributed by atoms with Gasteiger partial charge in [-0.2, -0.15) is 0 Å². The molecule has 1 aliphatic carbocycles. The summed E-state index contributed by atoms with van der Waals surface area (Å²) in [4.78, 5) is 12.0. The van der Waals surface area contributed by atoms with Gasteiger partial charge in [-0.15, -0.1) is 0 Å². The second-order valence-electron chi connectivity index (χ2n) is 4.42. The first-order chi connectivity index (χ1) is 7.10. The lowest BCUT2D eigenvalue weighted by atomic mass is 9.96. The topological polar surface area (TPSA) is 35.5 Å². The maximum Gasteiger partial charge on any atom is 0.190 e. The van der Waals surface area contributed by atoms with Gasteiger partial charge in [0.15, 0.2) is 5.78 Å². The van der Waals surface area contributed by atoms with Crippen molar-refractivity contribution in [3.05, 3.63) is 0 Å². The van der Waals surface area contributed by atoms with Crippen molar-refractivity contribution in [2.75, 3.05) is 13.2 Å². The fraction of sp³-hybridized carbons (Fsp3) is 0.917. The van der Waals surface area contributed by atoms with Gasteiger partial charge in [-0.3, -0.25) is 4.79 Å². The predicted molar refractivity (Wildman–Crippen MR) is 58.9 cm³/mol. The van der Waals surface area contributed by atoms with Crippen LogP contribution >= 0.6 is 0 Å². The van der Waals surface area contributed by atoms with Crippen molar-refractivity contribution in [3.63, 3.8) is 0 Å². The molecule has 1 saturated carbocycles. The monoisotopic (exact) mass is 214 g/mol. The van der Waals surface area contributed by atoms with Crippen molar-refractivity contribution < 1.29 is 14.3 Å². The molecule has 0 N–H and O–H groups in total. The van der Waals surface area contributed by atoms with Gasteiger partial charge in [-0.25, -0.2) is 0 Å². The number of ether oxygens (including phenoxy) is 2. The standard InChI is InChI=1S/C12H22O3/c1-4-15-12(7-5-6-8-12)11(13)9-14-10(2)3/h10H,4-9H2,1-3H3. The molecule has 88 valence electrons. The summed E-state index contributed by atoms with van der Waals surface area (Å²) in [5.74, 6) is 0.121. The van der Waals surface area contributed by atoms with Crippen LogP contribution in [-0.2, 0) is 14.3 Å². The quantitative estimate of drug-likeness (QED) is 0.680. The molecule has 0 heterocycles. The summed E-state index contributed by atoms with van der Waals surface area (Å²) in [5, 5.41) is 0. The highest BCUT2D eigenvalue weighted by molar-refractivity contribution is 5.88. The van der Waals surface area contributed by atoms with E-state index in [9.17, 15) is 4.79 Å². The normalized spacial score (nSPS) is 19.7. The minimum Gasteiger partial charge on any atom is -0.371 e. The van der Waals surface area contributed by atoms with Crippen molar-refractivity contribution in [1.82, 2.24) is 0 Å². The van der Waals surface area contributed by atoms with E-state index in [0.717, 1.165) is 25.7 Å². The summed E-state index contributed by atoms with van der Waals surface area (Å²) >= 11 is 0. The third-order valence-electron chi connectivity index (χ3n) is 2.89. The van der Waals surface area contributed by atoms with Gasteiger partial charge in [0.05, 0.1) is 6.10 Å². The van der Waals surface area contributed by atoms with Crippen molar-refractivity contribution in [2.45, 2.75) is 58.2 Å². The molecule has 0 unspecified atom stereocenters. The molecular weight excluding hydrogens is 192 g/mol. The van der Waals surface area contributed by atoms with E-state index < -0.39 is 5.60 Å². The molecule has 0 bridgehead atoms. The summed E-state index contributed by atoms with van der Waals surface area (Å²) in [6.45, 7) is 6.62. The maximum atomic E-state index is 12.0. The van der Waals surface area contributed by atoms with E-state index in [1.54, 1.807) is 0 Å². The third kappa shape index (κ3) is 3.28. The molecular formula is C12H22O3. The van der Waals surface area contributed by atoms with Crippen LogP contribution in [-0.4, -0.2) is 30.7 Å². The molecule has 0 amide bonds. The molecule has 3 heteroatoms. The molecule has 1 rings (SSSR count). The second kappa shape index (κ2) is 5.61. The second-order valence-corrected chi connectivity index (χ2v) is 4.42. The van der Waals surface area contributed by atoms with Crippen LogP contribution in [0.4, 0.5) is 0 Å². The predicted octanol–water partition coefficient (Wildman–Crippen LogP) is 2.33. The Hall–Kier alpha value is -0.410. The summed E-state index contributed by atoms with van der Waals surface area (Å²) in [5.41, 5.74) is -0.524. The highest BCUT2D eigenvalue weighted by Crippen LogP contribution is 2.34. The summed E-state index contributed by atoms with van der Waals surface area (Å²) in [6.07, 6.45) is 4.01. The van der Waals surface area contributed by atoms with Crippen LogP contribution in [0.5, 0.6) is 0 Å². The smallest absolute Gasteiger partial charge is 0.190 e. The highest BCUT2D eigenvalue weighted by atomic mass is 16.5. The van der Waals surface area contributed by atoms with Crippen molar-refractivity contribution >= 4 is 5.78 Å². The lowest BCUT2D eigenvalue weighted by molar-refractivity contribution is -0.149. The first-order valence-corrected chi connectivity index (χ1v) is 5.89. The van der Waals surface area contributed by atoms with Gasteiger partial charge in [0, 0.05) is 6.61 Å². The molecule has 0 radical (unpaired) electrons. The van der Waals surface area contributed by atoms with Crippen molar-refractivity contribution in [3.8, 4) is 0 Å². The minimum absolute atomic E-state index is 0.106. The van der Waals surface area contributed by atoms with Crippen molar-refractivity contribution in [2.24, 2.45) is 0 Å². The number of Topliss-reactive ketones (excluding diaryl/α,β-unsaturated/α-hetero) is 1. The van der Waals surface area contributed by atoms with E-state index in [1.807, 2.05) is 20.8 Å².